The van der Waals surface area contributed by atoms with Crippen molar-refractivity contribution in [1.29, 1.82) is 0 Å². The van der Waals surface area contributed by atoms with E-state index in [1.54, 1.807) is 36.4 Å². The molecule has 1 atom stereocenters. The topological polar surface area (TPSA) is 81.8 Å². The summed E-state index contributed by atoms with van der Waals surface area (Å²) in [6.07, 6.45) is 0.170. The second-order valence-corrected chi connectivity index (χ2v) is 5.78. The third-order valence-corrected chi connectivity index (χ3v) is 3.53. The monoisotopic (exact) mass is 349 g/mol. The van der Waals surface area contributed by atoms with Crippen molar-refractivity contribution < 1.29 is 19.4 Å². The van der Waals surface area contributed by atoms with Gasteiger partial charge in [-0.25, -0.2) is 0 Å². The van der Waals surface area contributed by atoms with Gasteiger partial charge in [0, 0.05) is 11.4 Å². The second-order valence-electron chi connectivity index (χ2n) is 5.34. The summed E-state index contributed by atoms with van der Waals surface area (Å²) < 4.78 is 11.0. The lowest BCUT2D eigenvalue weighted by molar-refractivity contribution is -0.117. The van der Waals surface area contributed by atoms with Crippen molar-refractivity contribution in [3.05, 3.63) is 59.1 Å². The number of ether oxygens (including phenoxy) is 2. The summed E-state index contributed by atoms with van der Waals surface area (Å²) in [6, 6.07) is 14.2. The largest absolute Gasteiger partial charge is 0.491 e. The summed E-state index contributed by atoms with van der Waals surface area (Å²) >= 11 is 5.79. The maximum atomic E-state index is 10.7. The zero-order valence-electron chi connectivity index (χ0n) is 13.2. The number of benzene rings is 2. The molecule has 0 heterocycles. The van der Waals surface area contributed by atoms with Crippen molar-refractivity contribution in [2.45, 2.75) is 18.9 Å². The molecule has 6 heteroatoms. The number of carbonyl (C=O) groups excluding carboxylic acids is 1. The van der Waals surface area contributed by atoms with Gasteiger partial charge in [-0.2, -0.15) is 0 Å². The van der Waals surface area contributed by atoms with E-state index in [0.29, 0.717) is 29.4 Å². The maximum Gasteiger partial charge on any atom is 0.217 e. The normalized spacial score (nSPS) is 11.8. The Morgan fingerprint density at radius 3 is 2.00 bits per heavy atom. The van der Waals surface area contributed by atoms with E-state index >= 15 is 0 Å². The Kier molecular flexibility index (Phi) is 6.90. The number of primary amides is 1. The third-order valence-electron chi connectivity index (χ3n) is 3.28. The van der Waals surface area contributed by atoms with E-state index in [1.807, 2.05) is 12.1 Å². The van der Waals surface area contributed by atoms with Gasteiger partial charge in [-0.3, -0.25) is 4.79 Å². The van der Waals surface area contributed by atoms with Gasteiger partial charge in [-0.1, -0.05) is 23.7 Å². The highest BCUT2D eigenvalue weighted by Crippen LogP contribution is 2.16. The van der Waals surface area contributed by atoms with Gasteiger partial charge in [0.05, 0.1) is 0 Å². The number of aliphatic hydroxyl groups excluding tert-OH is 1. The van der Waals surface area contributed by atoms with E-state index in [0.717, 1.165) is 5.56 Å². The third kappa shape index (κ3) is 6.48. The first-order chi connectivity index (χ1) is 11.5. The molecule has 0 aliphatic heterocycles. The molecule has 2 rings (SSSR count). The number of hydrogen-bond acceptors (Lipinski definition) is 4. The van der Waals surface area contributed by atoms with Crippen molar-refractivity contribution in [2.75, 3.05) is 13.2 Å². The minimum Gasteiger partial charge on any atom is -0.491 e. The van der Waals surface area contributed by atoms with E-state index in [1.165, 1.54) is 0 Å². The van der Waals surface area contributed by atoms with Gasteiger partial charge in [0.15, 0.2) is 0 Å². The molecule has 1 amide bonds. The highest BCUT2D eigenvalue weighted by Gasteiger charge is 2.07. The lowest BCUT2D eigenvalue weighted by atomic mass is 10.1. The van der Waals surface area contributed by atoms with Crippen molar-refractivity contribution in [2.24, 2.45) is 5.73 Å². The van der Waals surface area contributed by atoms with Crippen LogP contribution in [0, 0.1) is 0 Å². The molecule has 2 aromatic rings. The summed E-state index contributed by atoms with van der Waals surface area (Å²) in [5, 5.41) is 10.5. The van der Waals surface area contributed by atoms with Crippen LogP contribution in [0.4, 0.5) is 0 Å². The van der Waals surface area contributed by atoms with Crippen LogP contribution in [0.2, 0.25) is 5.02 Å². The predicted molar refractivity (Wildman–Crippen MR) is 92.4 cm³/mol. The van der Waals surface area contributed by atoms with Crippen LogP contribution in [0.15, 0.2) is 48.5 Å². The summed E-state index contributed by atoms with van der Waals surface area (Å²) in [4.78, 5) is 10.7. The van der Waals surface area contributed by atoms with Crippen LogP contribution in [-0.4, -0.2) is 30.3 Å². The van der Waals surface area contributed by atoms with E-state index in [2.05, 4.69) is 0 Å². The van der Waals surface area contributed by atoms with Crippen molar-refractivity contribution in [3.8, 4) is 11.5 Å². The molecule has 0 saturated carbocycles. The first-order valence-electron chi connectivity index (χ1n) is 7.59. The zero-order valence-corrected chi connectivity index (χ0v) is 13.9. The van der Waals surface area contributed by atoms with Crippen molar-refractivity contribution >= 4 is 17.5 Å². The van der Waals surface area contributed by atoms with Gasteiger partial charge in [-0.05, 0) is 48.4 Å². The molecule has 0 fully saturated rings. The van der Waals surface area contributed by atoms with Crippen LogP contribution in [0.5, 0.6) is 11.5 Å². The molecule has 0 aliphatic carbocycles. The molecule has 2 aromatic carbocycles. The molecule has 0 bridgehead atoms. The second kappa shape index (κ2) is 9.15. The van der Waals surface area contributed by atoms with E-state index in [9.17, 15) is 9.90 Å². The minimum absolute atomic E-state index is 0.119. The average molecular weight is 350 g/mol. The molecule has 0 aromatic heterocycles. The van der Waals surface area contributed by atoms with Crippen LogP contribution in [0.25, 0.3) is 0 Å². The Morgan fingerprint density at radius 2 is 1.50 bits per heavy atom. The number of nitrogens with two attached hydrogens (primary N) is 1. The lowest BCUT2D eigenvalue weighted by Gasteiger charge is -2.14. The number of carbonyl (C=O) groups is 1. The number of hydrogen-bond donors (Lipinski definition) is 2. The van der Waals surface area contributed by atoms with Crippen LogP contribution in [-0.2, 0) is 11.2 Å². The van der Waals surface area contributed by atoms with Crippen LogP contribution in [0.1, 0.15) is 12.0 Å². The Hall–Kier alpha value is -2.24. The van der Waals surface area contributed by atoms with Gasteiger partial charge in [0.1, 0.15) is 30.8 Å². The molecule has 128 valence electrons. The first-order valence-corrected chi connectivity index (χ1v) is 7.97. The standard InChI is InChI=1S/C18H20ClNO4/c19-14-4-8-17(9-5-14)24-12-15(21)11-23-16-6-1-13(2-7-16)3-10-18(20)22/h1-2,4-9,15,21H,3,10-12H2,(H2,20,22). The summed E-state index contributed by atoms with van der Waals surface area (Å²) in [5.74, 6) is 0.958. The van der Waals surface area contributed by atoms with E-state index < -0.39 is 6.10 Å². The van der Waals surface area contributed by atoms with Gasteiger partial charge in [-0.15, -0.1) is 0 Å². The van der Waals surface area contributed by atoms with Crippen molar-refractivity contribution in [3.63, 3.8) is 0 Å². The van der Waals surface area contributed by atoms with Crippen LogP contribution < -0.4 is 15.2 Å². The number of halogens is 1. The Morgan fingerprint density at radius 1 is 1.00 bits per heavy atom. The molecule has 0 saturated heterocycles. The smallest absolute Gasteiger partial charge is 0.217 e. The number of rotatable bonds is 9. The Bertz CT molecular complexity index is 643. The summed E-state index contributed by atoms with van der Waals surface area (Å²) in [6.45, 7) is 0.243. The fourth-order valence-electron chi connectivity index (χ4n) is 1.98. The zero-order chi connectivity index (χ0) is 17.4. The van der Waals surface area contributed by atoms with Crippen molar-refractivity contribution in [1.82, 2.24) is 0 Å². The van der Waals surface area contributed by atoms with E-state index in [-0.39, 0.29) is 19.1 Å². The molecule has 5 nitrogen and oxygen atoms in total. The van der Waals surface area contributed by atoms with Crippen LogP contribution in [0.3, 0.4) is 0 Å². The number of aryl methyl sites for hydroxylation is 1. The highest BCUT2D eigenvalue weighted by molar-refractivity contribution is 6.30. The number of aliphatic hydroxyl groups is 1. The molecule has 0 radical (unpaired) electrons. The Labute approximate surface area is 146 Å². The van der Waals surface area contributed by atoms with Gasteiger partial charge >= 0.3 is 0 Å². The number of amides is 1. The molecular formula is C18H20ClNO4. The SMILES string of the molecule is NC(=O)CCc1ccc(OCC(O)COc2ccc(Cl)cc2)cc1. The van der Waals surface area contributed by atoms with Gasteiger partial charge < -0.3 is 20.3 Å². The Balaban J connectivity index is 1.71. The molecule has 3 N–H and O–H groups in total. The predicted octanol–water partition coefficient (Wildman–Crippen LogP) is 2.58. The molecule has 0 aliphatic rings. The average Bonchev–Trinajstić information content (AvgIpc) is 2.58. The summed E-state index contributed by atoms with van der Waals surface area (Å²) in [5.41, 5.74) is 6.13. The lowest BCUT2D eigenvalue weighted by Crippen LogP contribution is -2.25. The van der Waals surface area contributed by atoms with Gasteiger partial charge in [0.25, 0.3) is 0 Å². The highest BCUT2D eigenvalue weighted by atomic mass is 35.5. The fourth-order valence-corrected chi connectivity index (χ4v) is 2.11. The molecular weight excluding hydrogens is 330 g/mol. The first kappa shape index (κ1) is 18.1. The van der Waals surface area contributed by atoms with Gasteiger partial charge in [0.2, 0.25) is 5.91 Å². The minimum atomic E-state index is -0.754. The molecule has 1 unspecified atom stereocenters. The molecule has 24 heavy (non-hydrogen) atoms. The fraction of sp³-hybridized carbons (Fsp3) is 0.278. The van der Waals surface area contributed by atoms with E-state index in [4.69, 9.17) is 26.8 Å². The quantitative estimate of drug-likeness (QED) is 0.729. The molecule has 0 spiro atoms. The summed E-state index contributed by atoms with van der Waals surface area (Å²) in [7, 11) is 0. The van der Waals surface area contributed by atoms with Crippen LogP contribution >= 0.6 is 11.6 Å². The maximum absolute atomic E-state index is 10.7.